The van der Waals surface area contributed by atoms with Crippen molar-refractivity contribution in [1.82, 2.24) is 0 Å². The topological polar surface area (TPSA) is 17.1 Å². The van der Waals surface area contributed by atoms with Crippen molar-refractivity contribution in [2.24, 2.45) is 11.8 Å². The lowest BCUT2D eigenvalue weighted by atomic mass is 10.2. The second-order valence-corrected chi connectivity index (χ2v) is 3.27. The van der Waals surface area contributed by atoms with Crippen LogP contribution in [0.3, 0.4) is 0 Å². The quantitative estimate of drug-likeness (QED) is 0.336. The van der Waals surface area contributed by atoms with Crippen molar-refractivity contribution in [3.63, 3.8) is 0 Å². The second-order valence-electron chi connectivity index (χ2n) is 3.27. The Hall–Kier alpha value is -0.590. The van der Waals surface area contributed by atoms with Gasteiger partial charge in [0, 0.05) is 5.92 Å². The van der Waals surface area contributed by atoms with Gasteiger partial charge in [-0.2, -0.15) is 0 Å². The van der Waals surface area contributed by atoms with E-state index in [0.717, 1.165) is 12.7 Å². The largest absolute Gasteiger partial charge is 0.303 e. The van der Waals surface area contributed by atoms with E-state index >= 15 is 0 Å². The SMILES string of the molecule is CCCCC=CC1CC1C=O. The van der Waals surface area contributed by atoms with Crippen LogP contribution in [0.25, 0.3) is 0 Å². The van der Waals surface area contributed by atoms with Crippen molar-refractivity contribution in [3.8, 4) is 0 Å². The summed E-state index contributed by atoms with van der Waals surface area (Å²) in [5.41, 5.74) is 0. The summed E-state index contributed by atoms with van der Waals surface area (Å²) in [5.74, 6) is 0.942. The van der Waals surface area contributed by atoms with Crippen molar-refractivity contribution in [3.05, 3.63) is 12.2 Å². The van der Waals surface area contributed by atoms with E-state index in [9.17, 15) is 4.79 Å². The zero-order valence-electron chi connectivity index (χ0n) is 7.12. The van der Waals surface area contributed by atoms with Gasteiger partial charge >= 0.3 is 0 Å². The lowest BCUT2D eigenvalue weighted by Crippen LogP contribution is -1.77. The highest BCUT2D eigenvalue weighted by atomic mass is 16.1. The summed E-state index contributed by atoms with van der Waals surface area (Å²) in [6.07, 6.45) is 10.3. The maximum Gasteiger partial charge on any atom is 0.123 e. The highest BCUT2D eigenvalue weighted by molar-refractivity contribution is 5.59. The molecule has 0 spiro atoms. The van der Waals surface area contributed by atoms with Gasteiger partial charge in [0.05, 0.1) is 0 Å². The highest BCUT2D eigenvalue weighted by Crippen LogP contribution is 2.37. The number of aldehydes is 1. The number of rotatable bonds is 5. The Morgan fingerprint density at radius 1 is 1.45 bits per heavy atom. The molecular formula is C10H16O. The molecule has 0 aromatic heterocycles. The third kappa shape index (κ3) is 2.87. The molecule has 0 aromatic carbocycles. The lowest BCUT2D eigenvalue weighted by molar-refractivity contribution is -0.109. The number of unbranched alkanes of at least 4 members (excludes halogenated alkanes) is 2. The van der Waals surface area contributed by atoms with E-state index in [4.69, 9.17) is 0 Å². The highest BCUT2D eigenvalue weighted by Gasteiger charge is 2.33. The predicted molar refractivity (Wildman–Crippen MR) is 46.3 cm³/mol. The van der Waals surface area contributed by atoms with Crippen LogP contribution >= 0.6 is 0 Å². The summed E-state index contributed by atoms with van der Waals surface area (Å²) in [4.78, 5) is 10.2. The molecule has 0 heterocycles. The van der Waals surface area contributed by atoms with E-state index in [0.29, 0.717) is 11.8 Å². The number of hydrogen-bond acceptors (Lipinski definition) is 1. The minimum atomic E-state index is 0.355. The molecule has 1 nitrogen and oxygen atoms in total. The molecule has 1 rings (SSSR count). The molecule has 2 atom stereocenters. The molecule has 0 bridgehead atoms. The van der Waals surface area contributed by atoms with Crippen LogP contribution in [0.1, 0.15) is 32.6 Å². The van der Waals surface area contributed by atoms with Gasteiger partial charge in [0.2, 0.25) is 0 Å². The fourth-order valence-electron chi connectivity index (χ4n) is 1.21. The van der Waals surface area contributed by atoms with Crippen molar-refractivity contribution in [1.29, 1.82) is 0 Å². The molecule has 0 aromatic rings. The number of carbonyl (C=O) groups excluding carboxylic acids is 1. The predicted octanol–water partition coefficient (Wildman–Crippen LogP) is 2.57. The molecule has 2 unspecified atom stereocenters. The van der Waals surface area contributed by atoms with Crippen LogP contribution in [-0.2, 0) is 4.79 Å². The zero-order valence-corrected chi connectivity index (χ0v) is 7.12. The Morgan fingerprint density at radius 3 is 2.82 bits per heavy atom. The molecule has 1 saturated carbocycles. The van der Waals surface area contributed by atoms with Crippen molar-refractivity contribution < 1.29 is 4.79 Å². The first-order valence-corrected chi connectivity index (χ1v) is 4.50. The van der Waals surface area contributed by atoms with E-state index in [1.54, 1.807) is 0 Å². The molecule has 1 heteroatoms. The molecule has 62 valence electrons. The van der Waals surface area contributed by atoms with E-state index in [1.807, 2.05) is 0 Å². The Balaban J connectivity index is 2.03. The minimum Gasteiger partial charge on any atom is -0.303 e. The average Bonchev–Trinajstić information content (AvgIpc) is 2.77. The molecule has 1 aliphatic carbocycles. The fourth-order valence-corrected chi connectivity index (χ4v) is 1.21. The van der Waals surface area contributed by atoms with Crippen molar-refractivity contribution in [2.75, 3.05) is 0 Å². The van der Waals surface area contributed by atoms with Crippen LogP contribution in [0.5, 0.6) is 0 Å². The lowest BCUT2D eigenvalue weighted by Gasteiger charge is -1.87. The van der Waals surface area contributed by atoms with Gasteiger partial charge in [0.25, 0.3) is 0 Å². The first kappa shape index (κ1) is 8.51. The number of carbonyl (C=O) groups is 1. The molecule has 1 fully saturated rings. The maximum atomic E-state index is 10.2. The van der Waals surface area contributed by atoms with Gasteiger partial charge in [0.1, 0.15) is 6.29 Å². The Bertz CT molecular complexity index is 149. The summed E-state index contributed by atoms with van der Waals surface area (Å²) in [5, 5.41) is 0. The first-order chi connectivity index (χ1) is 5.38. The molecule has 0 amide bonds. The zero-order chi connectivity index (χ0) is 8.10. The molecular weight excluding hydrogens is 136 g/mol. The van der Waals surface area contributed by atoms with Crippen LogP contribution in [0.4, 0.5) is 0 Å². The van der Waals surface area contributed by atoms with Crippen LogP contribution in [0, 0.1) is 11.8 Å². The van der Waals surface area contributed by atoms with Gasteiger partial charge in [0.15, 0.2) is 0 Å². The number of allylic oxidation sites excluding steroid dienone is 2. The van der Waals surface area contributed by atoms with E-state index < -0.39 is 0 Å². The first-order valence-electron chi connectivity index (χ1n) is 4.50. The van der Waals surface area contributed by atoms with Crippen LogP contribution < -0.4 is 0 Å². The summed E-state index contributed by atoms with van der Waals surface area (Å²) >= 11 is 0. The van der Waals surface area contributed by atoms with Crippen molar-refractivity contribution >= 4 is 6.29 Å². The summed E-state index contributed by atoms with van der Waals surface area (Å²) in [6.45, 7) is 2.19. The Labute approximate surface area is 68.5 Å². The Morgan fingerprint density at radius 2 is 2.27 bits per heavy atom. The van der Waals surface area contributed by atoms with Gasteiger partial charge in [-0.3, -0.25) is 0 Å². The summed E-state index contributed by atoms with van der Waals surface area (Å²) in [6, 6.07) is 0. The molecule has 11 heavy (non-hydrogen) atoms. The van der Waals surface area contributed by atoms with Gasteiger partial charge < -0.3 is 4.79 Å². The van der Waals surface area contributed by atoms with Gasteiger partial charge in [-0.05, 0) is 18.8 Å². The molecule has 0 radical (unpaired) electrons. The third-order valence-electron chi connectivity index (χ3n) is 2.17. The second kappa shape index (κ2) is 4.32. The standard InChI is InChI=1S/C10H16O/c1-2-3-4-5-6-9-7-10(9)8-11/h5-6,8-10H,2-4,7H2,1H3. The van der Waals surface area contributed by atoms with Gasteiger partial charge in [-0.15, -0.1) is 0 Å². The third-order valence-corrected chi connectivity index (χ3v) is 2.17. The van der Waals surface area contributed by atoms with Crippen LogP contribution in [-0.4, -0.2) is 6.29 Å². The van der Waals surface area contributed by atoms with E-state index in [2.05, 4.69) is 19.1 Å². The molecule has 0 aliphatic heterocycles. The van der Waals surface area contributed by atoms with E-state index in [1.165, 1.54) is 19.3 Å². The van der Waals surface area contributed by atoms with Gasteiger partial charge in [-0.1, -0.05) is 31.9 Å². The van der Waals surface area contributed by atoms with Crippen LogP contribution in [0.15, 0.2) is 12.2 Å². The molecule has 1 aliphatic rings. The summed E-state index contributed by atoms with van der Waals surface area (Å²) in [7, 11) is 0. The van der Waals surface area contributed by atoms with Crippen molar-refractivity contribution in [2.45, 2.75) is 32.6 Å². The Kier molecular flexibility index (Phi) is 3.34. The molecule has 0 N–H and O–H groups in total. The monoisotopic (exact) mass is 152 g/mol. The average molecular weight is 152 g/mol. The molecule has 0 saturated heterocycles. The smallest absolute Gasteiger partial charge is 0.123 e. The van der Waals surface area contributed by atoms with E-state index in [-0.39, 0.29) is 0 Å². The summed E-state index contributed by atoms with van der Waals surface area (Å²) < 4.78 is 0. The maximum absolute atomic E-state index is 10.2. The normalized spacial score (nSPS) is 29.2. The van der Waals surface area contributed by atoms with Crippen LogP contribution in [0.2, 0.25) is 0 Å². The number of hydrogen-bond donors (Lipinski definition) is 0. The minimum absolute atomic E-state index is 0.355. The van der Waals surface area contributed by atoms with Gasteiger partial charge in [-0.25, -0.2) is 0 Å². The fraction of sp³-hybridized carbons (Fsp3) is 0.700.